The first kappa shape index (κ1) is 13.7. The number of anilines is 1. The zero-order valence-electron chi connectivity index (χ0n) is 11.9. The lowest BCUT2D eigenvalue weighted by atomic mass is 10.0. The van der Waals surface area contributed by atoms with Gasteiger partial charge in [0, 0.05) is 23.9 Å². The number of nitrogens with zero attached hydrogens (tertiary/aromatic N) is 1. The van der Waals surface area contributed by atoms with Crippen molar-refractivity contribution in [3.63, 3.8) is 0 Å². The van der Waals surface area contributed by atoms with Crippen molar-refractivity contribution >= 4 is 28.2 Å². The fourth-order valence-electron chi connectivity index (χ4n) is 2.71. The molecule has 20 heavy (non-hydrogen) atoms. The quantitative estimate of drug-likeness (QED) is 0.924. The monoisotopic (exact) mass is 290 g/mol. The number of hydrogen-bond acceptors (Lipinski definition) is 3. The lowest BCUT2D eigenvalue weighted by molar-refractivity contribution is 0.110. The van der Waals surface area contributed by atoms with Crippen molar-refractivity contribution in [3.05, 3.63) is 34.0 Å². The largest absolute Gasteiger partial charge is 0.384 e. The van der Waals surface area contributed by atoms with Crippen LogP contribution in [0, 0.1) is 6.92 Å². The highest BCUT2D eigenvalue weighted by Crippen LogP contribution is 2.35. The normalized spacial score (nSPS) is 14.3. The molecule has 0 atom stereocenters. The molecule has 2 aromatic rings. The summed E-state index contributed by atoms with van der Waals surface area (Å²) in [6.45, 7) is 6.54. The third kappa shape index (κ3) is 2.36. The Morgan fingerprint density at radius 1 is 1.40 bits per heavy atom. The Labute approximate surface area is 124 Å². The van der Waals surface area contributed by atoms with E-state index in [1.54, 1.807) is 0 Å². The Morgan fingerprint density at radius 2 is 2.25 bits per heavy atom. The number of rotatable bonds is 3. The highest BCUT2D eigenvalue weighted by Gasteiger charge is 2.19. The average molecular weight is 291 g/mol. The fraction of sp³-hybridized carbons (Fsp3) is 0.438. The van der Waals surface area contributed by atoms with Crippen LogP contribution < -0.4 is 5.32 Å². The number of halogens is 1. The van der Waals surface area contributed by atoms with Crippen molar-refractivity contribution in [2.45, 2.75) is 33.3 Å². The van der Waals surface area contributed by atoms with Crippen LogP contribution in [0.2, 0.25) is 5.02 Å². The van der Waals surface area contributed by atoms with Crippen LogP contribution in [0.5, 0.6) is 0 Å². The number of hydrogen-bond donors (Lipinski definition) is 1. The van der Waals surface area contributed by atoms with E-state index in [0.717, 1.165) is 58.9 Å². The van der Waals surface area contributed by atoms with Gasteiger partial charge in [-0.05, 0) is 31.0 Å². The third-order valence-corrected chi connectivity index (χ3v) is 3.94. The van der Waals surface area contributed by atoms with Crippen molar-refractivity contribution in [1.82, 2.24) is 4.98 Å². The molecule has 0 aliphatic carbocycles. The van der Waals surface area contributed by atoms with Crippen LogP contribution in [0.4, 0.5) is 5.69 Å². The van der Waals surface area contributed by atoms with Gasteiger partial charge in [-0.2, -0.15) is 0 Å². The summed E-state index contributed by atoms with van der Waals surface area (Å²) in [5.41, 5.74) is 5.51. The van der Waals surface area contributed by atoms with Crippen LogP contribution in [0.1, 0.15) is 30.2 Å². The number of ether oxygens (including phenoxy) is 1. The topological polar surface area (TPSA) is 34.2 Å². The maximum atomic E-state index is 6.39. The second kappa shape index (κ2) is 5.58. The van der Waals surface area contributed by atoms with E-state index in [1.165, 1.54) is 5.56 Å². The average Bonchev–Trinajstić information content (AvgIpc) is 2.44. The standard InChI is InChI=1S/C16H19ClN2O/c1-3-5-18-15-11-7-10(2)8-13(17)16(11)19-14-4-6-20-9-12(14)15/h7-8H,3-6,9H2,1-2H3,(H,18,19). The smallest absolute Gasteiger partial charge is 0.0912 e. The first-order valence-corrected chi connectivity index (χ1v) is 7.51. The molecule has 0 fully saturated rings. The molecule has 0 unspecified atom stereocenters. The zero-order valence-corrected chi connectivity index (χ0v) is 12.7. The summed E-state index contributed by atoms with van der Waals surface area (Å²) in [6.07, 6.45) is 1.94. The molecular formula is C16H19ClN2O. The number of benzene rings is 1. The van der Waals surface area contributed by atoms with Crippen LogP contribution in [0.25, 0.3) is 10.9 Å². The van der Waals surface area contributed by atoms with E-state index in [9.17, 15) is 0 Å². The summed E-state index contributed by atoms with van der Waals surface area (Å²) in [4.78, 5) is 4.77. The van der Waals surface area contributed by atoms with Gasteiger partial charge in [-0.15, -0.1) is 0 Å². The van der Waals surface area contributed by atoms with Crippen molar-refractivity contribution in [3.8, 4) is 0 Å². The second-order valence-electron chi connectivity index (χ2n) is 5.28. The SMILES string of the molecule is CCCNc1c2c(nc3c(Cl)cc(C)cc13)CCOC2. The van der Waals surface area contributed by atoms with E-state index >= 15 is 0 Å². The van der Waals surface area contributed by atoms with E-state index in [1.807, 2.05) is 6.07 Å². The lowest BCUT2D eigenvalue weighted by Gasteiger charge is -2.22. The third-order valence-electron chi connectivity index (χ3n) is 3.66. The Morgan fingerprint density at radius 3 is 3.05 bits per heavy atom. The van der Waals surface area contributed by atoms with Gasteiger partial charge in [-0.1, -0.05) is 18.5 Å². The molecule has 3 rings (SSSR count). The molecule has 0 bridgehead atoms. The summed E-state index contributed by atoms with van der Waals surface area (Å²) in [5, 5.41) is 5.38. The maximum absolute atomic E-state index is 6.39. The minimum absolute atomic E-state index is 0.635. The molecule has 2 heterocycles. The molecule has 4 heteroatoms. The predicted molar refractivity (Wildman–Crippen MR) is 83.6 cm³/mol. The number of aromatic nitrogens is 1. The van der Waals surface area contributed by atoms with E-state index in [2.05, 4.69) is 25.2 Å². The van der Waals surface area contributed by atoms with Crippen molar-refractivity contribution < 1.29 is 4.74 Å². The Kier molecular flexibility index (Phi) is 3.81. The number of nitrogens with one attached hydrogen (secondary N) is 1. The molecule has 0 radical (unpaired) electrons. The molecule has 0 spiro atoms. The predicted octanol–water partition coefficient (Wildman–Crippen LogP) is 4.09. The van der Waals surface area contributed by atoms with Gasteiger partial charge in [0.15, 0.2) is 0 Å². The van der Waals surface area contributed by atoms with Crippen LogP contribution >= 0.6 is 11.6 Å². The van der Waals surface area contributed by atoms with Gasteiger partial charge in [0.25, 0.3) is 0 Å². The minimum Gasteiger partial charge on any atom is -0.384 e. The zero-order chi connectivity index (χ0) is 14.1. The Hall–Kier alpha value is -1.32. The minimum atomic E-state index is 0.635. The highest BCUT2D eigenvalue weighted by atomic mass is 35.5. The molecule has 1 aliphatic rings. The maximum Gasteiger partial charge on any atom is 0.0912 e. The van der Waals surface area contributed by atoms with E-state index in [-0.39, 0.29) is 0 Å². The van der Waals surface area contributed by atoms with Gasteiger partial charge < -0.3 is 10.1 Å². The molecular weight excluding hydrogens is 272 g/mol. The first-order chi connectivity index (χ1) is 9.70. The van der Waals surface area contributed by atoms with E-state index in [4.69, 9.17) is 21.3 Å². The molecule has 3 nitrogen and oxygen atoms in total. The van der Waals surface area contributed by atoms with E-state index in [0.29, 0.717) is 6.61 Å². The van der Waals surface area contributed by atoms with Gasteiger partial charge in [-0.25, -0.2) is 0 Å². The van der Waals surface area contributed by atoms with Gasteiger partial charge in [-0.3, -0.25) is 4.98 Å². The first-order valence-electron chi connectivity index (χ1n) is 7.14. The highest BCUT2D eigenvalue weighted by molar-refractivity contribution is 6.35. The molecule has 1 aromatic heterocycles. The van der Waals surface area contributed by atoms with Crippen molar-refractivity contribution in [1.29, 1.82) is 0 Å². The van der Waals surface area contributed by atoms with Gasteiger partial charge in [0.05, 0.1) is 35.1 Å². The number of pyridine rings is 1. The summed E-state index contributed by atoms with van der Waals surface area (Å²) >= 11 is 6.39. The van der Waals surface area contributed by atoms with E-state index < -0.39 is 0 Å². The summed E-state index contributed by atoms with van der Waals surface area (Å²) in [6, 6.07) is 4.13. The molecule has 0 saturated heterocycles. The molecule has 0 saturated carbocycles. The summed E-state index contributed by atoms with van der Waals surface area (Å²) in [5.74, 6) is 0. The molecule has 1 aromatic carbocycles. The summed E-state index contributed by atoms with van der Waals surface area (Å²) < 4.78 is 5.61. The second-order valence-corrected chi connectivity index (χ2v) is 5.69. The van der Waals surface area contributed by atoms with Crippen LogP contribution in [-0.2, 0) is 17.8 Å². The summed E-state index contributed by atoms with van der Waals surface area (Å²) in [7, 11) is 0. The van der Waals surface area contributed by atoms with Crippen molar-refractivity contribution in [2.24, 2.45) is 0 Å². The Bertz CT molecular complexity index is 655. The van der Waals surface area contributed by atoms with Crippen LogP contribution in [0.15, 0.2) is 12.1 Å². The molecule has 0 amide bonds. The lowest BCUT2D eigenvalue weighted by Crippen LogP contribution is -2.16. The molecule has 1 N–H and O–H groups in total. The molecule has 106 valence electrons. The van der Waals surface area contributed by atoms with Crippen molar-refractivity contribution in [2.75, 3.05) is 18.5 Å². The molecule has 1 aliphatic heterocycles. The van der Waals surface area contributed by atoms with Gasteiger partial charge >= 0.3 is 0 Å². The van der Waals surface area contributed by atoms with Crippen LogP contribution in [-0.4, -0.2) is 18.1 Å². The number of fused-ring (bicyclic) bond motifs is 2. The van der Waals surface area contributed by atoms with Gasteiger partial charge in [0.2, 0.25) is 0 Å². The Balaban J connectivity index is 2.27. The van der Waals surface area contributed by atoms with Crippen LogP contribution in [0.3, 0.4) is 0 Å². The van der Waals surface area contributed by atoms with Gasteiger partial charge in [0.1, 0.15) is 0 Å². The number of aryl methyl sites for hydroxylation is 1. The fourth-order valence-corrected chi connectivity index (χ4v) is 3.02.